The molecule has 4 aromatic rings. The van der Waals surface area contributed by atoms with E-state index in [-0.39, 0.29) is 50.2 Å². The largest absolute Gasteiger partial charge is 0.508 e. The first-order valence-electron chi connectivity index (χ1n) is 28.8. The van der Waals surface area contributed by atoms with Crippen LogP contribution in [0, 0.1) is 0 Å². The first kappa shape index (κ1) is 70.7. The number of aliphatic hydroxyl groups is 2. The maximum Gasteiger partial charge on any atom is 0.408 e. The average Bonchev–Trinajstić information content (AvgIpc) is 4.09. The van der Waals surface area contributed by atoms with Gasteiger partial charge in [-0.15, -0.1) is 0 Å². The highest BCUT2D eigenvalue weighted by Crippen LogP contribution is 2.25. The lowest BCUT2D eigenvalue weighted by Gasteiger charge is -2.29. The van der Waals surface area contributed by atoms with Gasteiger partial charge in [-0.05, 0) is 103 Å². The smallest absolute Gasteiger partial charge is 0.408 e. The number of hydrogen-bond acceptors (Lipinski definition) is 17. The molecule has 480 valence electrons. The summed E-state index contributed by atoms with van der Waals surface area (Å²) in [5.74, 6) is -9.38. The third-order valence-electron chi connectivity index (χ3n) is 13.4. The third kappa shape index (κ3) is 23.5. The zero-order valence-corrected chi connectivity index (χ0v) is 52.1. The summed E-state index contributed by atoms with van der Waals surface area (Å²) in [5, 5.41) is 65.6. The van der Waals surface area contributed by atoms with E-state index in [0.29, 0.717) is 40.4 Å². The van der Waals surface area contributed by atoms with Crippen LogP contribution in [-0.4, -0.2) is 175 Å². The molecular formula is C60H82N10O16S2. The number of ether oxygens (including phenoxy) is 2. The Bertz CT molecular complexity index is 3040. The van der Waals surface area contributed by atoms with Gasteiger partial charge in [0.15, 0.2) is 6.04 Å². The third-order valence-corrected chi connectivity index (χ3v) is 15.9. The summed E-state index contributed by atoms with van der Waals surface area (Å²) in [4.78, 5) is 144. The average molecular weight is 1260 g/mol. The van der Waals surface area contributed by atoms with Gasteiger partial charge in [0.2, 0.25) is 41.4 Å². The fraction of sp³-hybridized carbons (Fsp3) is 0.500. The lowest BCUT2D eigenvalue weighted by Crippen LogP contribution is -2.62. The molecule has 2 heterocycles. The van der Waals surface area contributed by atoms with Crippen LogP contribution in [0.4, 0.5) is 9.59 Å². The Morgan fingerprint density at radius 2 is 1.24 bits per heavy atom. The molecule has 14 N–H and O–H groups in total. The number of para-hydroxylation sites is 1. The number of aromatic nitrogens is 1. The summed E-state index contributed by atoms with van der Waals surface area (Å²) in [5.41, 5.74) is 0.552. The maximum absolute atomic E-state index is 15.1. The number of carboxylic acid groups (broad SMARTS) is 1. The number of hydrogen-bond donors (Lipinski definition) is 14. The van der Waals surface area contributed by atoms with Gasteiger partial charge in [0.05, 0.1) is 12.2 Å². The minimum absolute atomic E-state index is 0.0870. The molecule has 5 rings (SSSR count). The predicted octanol–water partition coefficient (Wildman–Crippen LogP) is 2.51. The number of aromatic amines is 1. The molecule has 1 aliphatic heterocycles. The van der Waals surface area contributed by atoms with Crippen molar-refractivity contribution in [2.24, 2.45) is 0 Å². The van der Waals surface area contributed by atoms with Crippen LogP contribution < -0.4 is 47.9 Å². The highest BCUT2D eigenvalue weighted by molar-refractivity contribution is 8.76. The number of carbonyl (C=O) groups is 10. The Hall–Kier alpha value is -8.08. The number of unbranched alkanes of at least 4 members (excludes halogenated alkanes) is 2. The minimum Gasteiger partial charge on any atom is -0.508 e. The van der Waals surface area contributed by atoms with Crippen molar-refractivity contribution in [3.8, 4) is 5.75 Å². The SMILES string of the molecule is C[C@@H](O)[C@H](NC(=O)[C@@H]1CSSC[C@H](NC(=O)[C@@H](Cc2ccccc2)NC(=O)OC(C)(C)C)C(=O)N[C@@H](Cc2ccc(O)cc2)C(=O)N[C@H](Cc2c[nH]c3ccccc23)C(=O)N[C@@H](CCCCCNC(=O)OC(C)(C)C)C(=O)N[C@@H]([C@@H](C)O)C(=O)N1)C(=O)O. The van der Waals surface area contributed by atoms with Crippen molar-refractivity contribution in [1.29, 1.82) is 0 Å². The molecule has 3 aromatic carbocycles. The molecule has 1 fully saturated rings. The van der Waals surface area contributed by atoms with E-state index in [1.807, 2.05) is 0 Å². The highest BCUT2D eigenvalue weighted by Gasteiger charge is 2.38. The van der Waals surface area contributed by atoms with Crippen LogP contribution >= 0.6 is 21.6 Å². The first-order chi connectivity index (χ1) is 41.5. The van der Waals surface area contributed by atoms with Crippen LogP contribution in [0.25, 0.3) is 10.9 Å². The molecule has 0 radical (unpaired) electrons. The van der Waals surface area contributed by atoms with Gasteiger partial charge in [-0.25, -0.2) is 14.4 Å². The van der Waals surface area contributed by atoms with Crippen molar-refractivity contribution >= 4 is 92.0 Å². The minimum atomic E-state index is -1.87. The summed E-state index contributed by atoms with van der Waals surface area (Å²) in [6.07, 6.45) is -2.90. The molecule has 0 unspecified atom stereocenters. The molecule has 26 nitrogen and oxygen atoms in total. The lowest BCUT2D eigenvalue weighted by atomic mass is 10.0. The molecule has 88 heavy (non-hydrogen) atoms. The van der Waals surface area contributed by atoms with Gasteiger partial charge < -0.3 is 82.7 Å². The van der Waals surface area contributed by atoms with E-state index < -0.39 is 137 Å². The molecule has 0 spiro atoms. The van der Waals surface area contributed by atoms with E-state index in [1.54, 1.807) is 102 Å². The topological polar surface area (TPSA) is 394 Å². The van der Waals surface area contributed by atoms with Crippen LogP contribution in [0.2, 0.25) is 0 Å². The molecule has 10 atom stereocenters. The van der Waals surface area contributed by atoms with Crippen molar-refractivity contribution in [2.45, 2.75) is 172 Å². The number of rotatable bonds is 20. The summed E-state index contributed by atoms with van der Waals surface area (Å²) in [6, 6.07) is 8.65. The fourth-order valence-electron chi connectivity index (χ4n) is 8.99. The van der Waals surface area contributed by atoms with E-state index >= 15 is 14.4 Å². The summed E-state index contributed by atoms with van der Waals surface area (Å²) < 4.78 is 10.8. The van der Waals surface area contributed by atoms with Crippen molar-refractivity contribution in [2.75, 3.05) is 18.1 Å². The van der Waals surface area contributed by atoms with Gasteiger partial charge in [-0.3, -0.25) is 33.6 Å². The van der Waals surface area contributed by atoms with Crippen molar-refractivity contribution in [1.82, 2.24) is 52.8 Å². The Kier molecular flexibility index (Phi) is 26.8. The quantitative estimate of drug-likeness (QED) is 0.0446. The fourth-order valence-corrected chi connectivity index (χ4v) is 11.3. The molecule has 9 amide bonds. The molecule has 0 bridgehead atoms. The van der Waals surface area contributed by atoms with Gasteiger partial charge >= 0.3 is 18.2 Å². The van der Waals surface area contributed by atoms with Crippen LogP contribution in [-0.2, 0) is 67.1 Å². The lowest BCUT2D eigenvalue weighted by molar-refractivity contribution is -0.145. The Morgan fingerprint density at radius 3 is 1.88 bits per heavy atom. The van der Waals surface area contributed by atoms with E-state index in [2.05, 4.69) is 52.8 Å². The van der Waals surface area contributed by atoms with Gasteiger partial charge in [-0.2, -0.15) is 0 Å². The molecule has 28 heteroatoms. The number of carbonyl (C=O) groups excluding carboxylic acids is 9. The number of phenolic OH excluding ortho intramolecular Hbond substituents is 1. The molecule has 1 saturated heterocycles. The summed E-state index contributed by atoms with van der Waals surface area (Å²) in [6.45, 7) is 12.5. The molecule has 1 aliphatic rings. The van der Waals surface area contributed by atoms with Crippen molar-refractivity contribution < 1.29 is 77.8 Å². The normalized spacial score (nSPS) is 20.8. The van der Waals surface area contributed by atoms with Gasteiger partial charge in [0.25, 0.3) is 0 Å². The van der Waals surface area contributed by atoms with Crippen LogP contribution in [0.3, 0.4) is 0 Å². The number of nitrogens with one attached hydrogen (secondary N) is 10. The molecule has 1 aromatic heterocycles. The predicted molar refractivity (Wildman–Crippen MR) is 329 cm³/mol. The number of phenols is 1. The number of aliphatic hydroxyl groups excluding tert-OH is 2. The summed E-state index contributed by atoms with van der Waals surface area (Å²) in [7, 11) is 1.74. The molecule has 0 aliphatic carbocycles. The van der Waals surface area contributed by atoms with Crippen LogP contribution in [0.15, 0.2) is 85.1 Å². The van der Waals surface area contributed by atoms with E-state index in [4.69, 9.17) is 9.47 Å². The number of H-pyrrole nitrogens is 1. The van der Waals surface area contributed by atoms with E-state index in [9.17, 15) is 54.0 Å². The van der Waals surface area contributed by atoms with Gasteiger partial charge in [0.1, 0.15) is 59.2 Å². The van der Waals surface area contributed by atoms with Crippen molar-refractivity contribution in [3.05, 3.63) is 102 Å². The zero-order valence-electron chi connectivity index (χ0n) is 50.4. The second-order valence-corrected chi connectivity index (χ2v) is 25.8. The summed E-state index contributed by atoms with van der Waals surface area (Å²) >= 11 is 0. The number of aromatic hydroxyl groups is 1. The number of amides is 9. The number of carboxylic acids is 1. The molecule has 0 saturated carbocycles. The Labute approximate surface area is 518 Å². The number of benzene rings is 3. The standard InChI is InChI=1S/C60H82N10O16S2/c1-33(71)47-55(80)67-46(54(79)70-48(34(2)72)56(81)82)32-88-87-31-45(66-51(76)43(27-35-17-11-9-12-18-35)68-58(84)86-60(6,7)8)53(78)64-42(28-36-22-24-38(73)25-23-36)50(75)65-44(29-37-30-62-40-20-15-14-19-39(37)40)52(77)63-41(49(74)69-47)21-13-10-16-26-61-57(83)85-59(3,4)5/h9,11-12,14-15,17-20,22-25,30,33-34,41-48,62,71-73H,10,13,16,21,26-29,31-32H2,1-8H3,(H,61,83)(H,63,77)(H,64,78)(H,65,75)(H,66,76)(H,67,80)(H,68,84)(H,69,74)(H,70,79)(H,81,82)/t33-,34-,41+,42+,43-,44-,45+,46+,47+,48+/m1/s1. The van der Waals surface area contributed by atoms with Gasteiger partial charge in [0, 0.05) is 54.4 Å². The zero-order chi connectivity index (χ0) is 64.9. The maximum atomic E-state index is 15.1. The van der Waals surface area contributed by atoms with Crippen molar-refractivity contribution in [3.63, 3.8) is 0 Å². The van der Waals surface area contributed by atoms with E-state index in [0.717, 1.165) is 28.5 Å². The monoisotopic (exact) mass is 1260 g/mol. The second kappa shape index (κ2) is 33.3. The number of aliphatic carboxylic acids is 1. The van der Waals surface area contributed by atoms with Crippen LogP contribution in [0.1, 0.15) is 97.8 Å². The van der Waals surface area contributed by atoms with Gasteiger partial charge in [-0.1, -0.05) is 95.1 Å². The molecular weight excluding hydrogens is 1180 g/mol. The van der Waals surface area contributed by atoms with E-state index in [1.165, 1.54) is 31.2 Å². The highest BCUT2D eigenvalue weighted by atomic mass is 33.1. The second-order valence-electron chi connectivity index (χ2n) is 23.3. The number of alkyl carbamates (subject to hydrolysis) is 2. The van der Waals surface area contributed by atoms with Crippen LogP contribution in [0.5, 0.6) is 5.75 Å². The Balaban J connectivity index is 1.61. The number of fused-ring (bicyclic) bond motifs is 1. The Morgan fingerprint density at radius 1 is 0.648 bits per heavy atom. The first-order valence-corrected chi connectivity index (χ1v) is 31.2.